The molecule has 3 heterocycles. The molecule has 2 atom stereocenters. The van der Waals surface area contributed by atoms with Gasteiger partial charge < -0.3 is 30.2 Å². The standard InChI is InChI=1S/C38H45N7O6S/c1-25(2)34(42-38(48)51-3)37(47)45-19-5-6-33(45)35-39-24-32(41-35)28-9-7-26(8-10-28)27-11-15-30(16-12-27)40-36(46)29-13-17-31(18-14-29)43-20-22-44(23-21-43)52(4,49)50/h7-18,24-25,33-34H,5-6,19-23H2,1-4H3,(H,39,41)(H,40,46)(H,42,48)/t33-,34-/m0/s1. The summed E-state index contributed by atoms with van der Waals surface area (Å²) in [6.45, 7) is 6.45. The first kappa shape index (κ1) is 36.6. The van der Waals surface area contributed by atoms with Gasteiger partial charge in [0.15, 0.2) is 0 Å². The summed E-state index contributed by atoms with van der Waals surface area (Å²) in [7, 11) is -1.91. The number of nitrogens with one attached hydrogen (secondary N) is 3. The van der Waals surface area contributed by atoms with Gasteiger partial charge in [-0.15, -0.1) is 0 Å². The average Bonchev–Trinajstić information content (AvgIpc) is 3.84. The monoisotopic (exact) mass is 727 g/mol. The van der Waals surface area contributed by atoms with Gasteiger partial charge in [0, 0.05) is 61.4 Å². The molecule has 2 saturated heterocycles. The molecule has 3 amide bonds. The molecular formula is C38H45N7O6S. The molecule has 274 valence electrons. The Kier molecular flexibility index (Phi) is 11.0. The number of piperazine rings is 1. The Morgan fingerprint density at radius 3 is 2.08 bits per heavy atom. The number of hydrogen-bond acceptors (Lipinski definition) is 8. The van der Waals surface area contributed by atoms with E-state index in [0.29, 0.717) is 49.8 Å². The van der Waals surface area contributed by atoms with Crippen molar-refractivity contribution in [2.24, 2.45) is 5.92 Å². The van der Waals surface area contributed by atoms with Gasteiger partial charge in [0.1, 0.15) is 11.9 Å². The molecule has 13 nitrogen and oxygen atoms in total. The molecule has 2 aliphatic heterocycles. The lowest BCUT2D eigenvalue weighted by Gasteiger charge is -2.34. The number of aromatic amines is 1. The number of anilines is 2. The van der Waals surface area contributed by atoms with Crippen molar-refractivity contribution in [1.82, 2.24) is 24.5 Å². The first-order valence-corrected chi connectivity index (χ1v) is 19.3. The van der Waals surface area contributed by atoms with Crippen molar-refractivity contribution in [3.63, 3.8) is 0 Å². The molecule has 4 aromatic rings. The molecule has 6 rings (SSSR count). The highest BCUT2D eigenvalue weighted by atomic mass is 32.2. The van der Waals surface area contributed by atoms with Gasteiger partial charge in [0.2, 0.25) is 15.9 Å². The van der Waals surface area contributed by atoms with Crippen LogP contribution in [0.15, 0.2) is 79.0 Å². The summed E-state index contributed by atoms with van der Waals surface area (Å²) in [5.74, 6) is 0.241. The molecule has 3 N–H and O–H groups in total. The number of nitrogens with zero attached hydrogens (tertiary/aromatic N) is 4. The first-order valence-electron chi connectivity index (χ1n) is 17.4. The topological polar surface area (TPSA) is 157 Å². The van der Waals surface area contributed by atoms with E-state index in [-0.39, 0.29) is 23.8 Å². The average molecular weight is 728 g/mol. The summed E-state index contributed by atoms with van der Waals surface area (Å²) >= 11 is 0. The molecular weight excluding hydrogens is 683 g/mol. The third-order valence-electron chi connectivity index (χ3n) is 9.70. The summed E-state index contributed by atoms with van der Waals surface area (Å²) in [5.41, 5.74) is 5.86. The van der Waals surface area contributed by atoms with Crippen molar-refractivity contribution in [3.05, 3.63) is 90.4 Å². The summed E-state index contributed by atoms with van der Waals surface area (Å²) < 4.78 is 29.8. The fourth-order valence-electron chi connectivity index (χ4n) is 6.73. The van der Waals surface area contributed by atoms with Crippen LogP contribution in [-0.4, -0.2) is 97.6 Å². The lowest BCUT2D eigenvalue weighted by atomic mass is 10.0. The fourth-order valence-corrected chi connectivity index (χ4v) is 7.56. The summed E-state index contributed by atoms with van der Waals surface area (Å²) in [5, 5.41) is 5.64. The maximum atomic E-state index is 13.5. The van der Waals surface area contributed by atoms with Crippen molar-refractivity contribution in [2.75, 3.05) is 56.3 Å². The number of rotatable bonds is 10. The van der Waals surface area contributed by atoms with Gasteiger partial charge >= 0.3 is 6.09 Å². The smallest absolute Gasteiger partial charge is 0.407 e. The van der Waals surface area contributed by atoms with Crippen molar-refractivity contribution in [1.29, 1.82) is 0 Å². The Hall–Kier alpha value is -5.21. The van der Waals surface area contributed by atoms with Crippen LogP contribution in [0.5, 0.6) is 0 Å². The number of carbonyl (C=O) groups excluding carboxylic acids is 3. The Morgan fingerprint density at radius 2 is 1.48 bits per heavy atom. The highest BCUT2D eigenvalue weighted by Crippen LogP contribution is 2.33. The van der Waals surface area contributed by atoms with Crippen LogP contribution in [0.2, 0.25) is 0 Å². The van der Waals surface area contributed by atoms with Crippen molar-refractivity contribution in [2.45, 2.75) is 38.8 Å². The van der Waals surface area contributed by atoms with Gasteiger partial charge in [-0.1, -0.05) is 50.2 Å². The number of ether oxygens (including phenoxy) is 1. The minimum Gasteiger partial charge on any atom is -0.453 e. The zero-order valence-corrected chi connectivity index (χ0v) is 30.7. The van der Waals surface area contributed by atoms with E-state index < -0.39 is 22.2 Å². The van der Waals surface area contributed by atoms with Gasteiger partial charge in [0.25, 0.3) is 5.91 Å². The molecule has 1 aromatic heterocycles. The predicted octanol–water partition coefficient (Wildman–Crippen LogP) is 5.12. The van der Waals surface area contributed by atoms with Gasteiger partial charge in [-0.2, -0.15) is 4.31 Å². The second kappa shape index (κ2) is 15.6. The van der Waals surface area contributed by atoms with E-state index in [2.05, 4.69) is 20.5 Å². The molecule has 0 bridgehead atoms. The van der Waals surface area contributed by atoms with Crippen LogP contribution in [0.3, 0.4) is 0 Å². The van der Waals surface area contributed by atoms with Gasteiger partial charge in [-0.25, -0.2) is 18.2 Å². The number of hydrogen-bond donors (Lipinski definition) is 3. The van der Waals surface area contributed by atoms with Crippen LogP contribution < -0.4 is 15.5 Å². The number of carbonyl (C=O) groups is 3. The second-order valence-corrected chi connectivity index (χ2v) is 15.5. The SMILES string of the molecule is COC(=O)N[C@H](C(=O)N1CCC[C@H]1c1nc(-c2ccc(-c3ccc(NC(=O)c4ccc(N5CCN(S(C)(=O)=O)CC5)cc4)cc3)cc2)c[nH]1)C(C)C. The summed E-state index contributed by atoms with van der Waals surface area (Å²) in [4.78, 5) is 50.4. The van der Waals surface area contributed by atoms with Crippen LogP contribution in [0, 0.1) is 5.92 Å². The van der Waals surface area contributed by atoms with E-state index in [1.165, 1.54) is 17.7 Å². The molecule has 0 radical (unpaired) electrons. The number of imidazole rings is 1. The van der Waals surface area contributed by atoms with Crippen LogP contribution in [0.25, 0.3) is 22.4 Å². The quantitative estimate of drug-likeness (QED) is 0.203. The maximum Gasteiger partial charge on any atom is 0.407 e. The van der Waals surface area contributed by atoms with Crippen molar-refractivity contribution >= 4 is 39.3 Å². The predicted molar refractivity (Wildman–Crippen MR) is 200 cm³/mol. The highest BCUT2D eigenvalue weighted by molar-refractivity contribution is 7.88. The van der Waals surface area contributed by atoms with Gasteiger partial charge in [-0.3, -0.25) is 9.59 Å². The van der Waals surface area contributed by atoms with Crippen LogP contribution in [0.1, 0.15) is 48.9 Å². The number of benzene rings is 3. The van der Waals surface area contributed by atoms with E-state index in [1.807, 2.05) is 80.7 Å². The first-order chi connectivity index (χ1) is 24.9. The fraction of sp³-hybridized carbons (Fsp3) is 0.368. The number of methoxy groups -OCH3 is 1. The molecule has 0 unspecified atom stereocenters. The van der Waals surface area contributed by atoms with Crippen LogP contribution in [0.4, 0.5) is 16.2 Å². The number of aromatic nitrogens is 2. The third kappa shape index (κ3) is 8.29. The lowest BCUT2D eigenvalue weighted by Crippen LogP contribution is -2.51. The summed E-state index contributed by atoms with van der Waals surface area (Å²) in [6.07, 6.45) is 4.07. The van der Waals surface area contributed by atoms with E-state index in [1.54, 1.807) is 17.0 Å². The zero-order chi connectivity index (χ0) is 37.0. The molecule has 14 heteroatoms. The van der Waals surface area contributed by atoms with Gasteiger partial charge in [0.05, 0.1) is 25.1 Å². The van der Waals surface area contributed by atoms with Crippen LogP contribution in [-0.2, 0) is 19.6 Å². The molecule has 0 saturated carbocycles. The summed E-state index contributed by atoms with van der Waals surface area (Å²) in [6, 6.07) is 22.2. The number of amides is 3. The largest absolute Gasteiger partial charge is 0.453 e. The Balaban J connectivity index is 1.05. The number of alkyl carbamates (subject to hydrolysis) is 1. The minimum atomic E-state index is -3.19. The Labute approximate surface area is 304 Å². The van der Waals surface area contributed by atoms with Crippen LogP contribution >= 0.6 is 0 Å². The molecule has 3 aromatic carbocycles. The highest BCUT2D eigenvalue weighted by Gasteiger charge is 2.37. The normalized spacial score (nSPS) is 17.2. The van der Waals surface area contributed by atoms with Gasteiger partial charge in [-0.05, 0) is 66.3 Å². The molecule has 2 aliphatic rings. The minimum absolute atomic E-state index is 0.107. The Bertz CT molecular complexity index is 1990. The maximum absolute atomic E-state index is 13.5. The van der Waals surface area contributed by atoms with E-state index in [4.69, 9.17) is 9.72 Å². The van der Waals surface area contributed by atoms with Crippen molar-refractivity contribution < 1.29 is 27.5 Å². The van der Waals surface area contributed by atoms with Crippen molar-refractivity contribution in [3.8, 4) is 22.4 Å². The molecule has 2 fully saturated rings. The lowest BCUT2D eigenvalue weighted by molar-refractivity contribution is -0.135. The third-order valence-corrected chi connectivity index (χ3v) is 11.0. The molecule has 0 aliphatic carbocycles. The van der Waals surface area contributed by atoms with E-state index in [0.717, 1.165) is 40.9 Å². The second-order valence-electron chi connectivity index (χ2n) is 13.5. The zero-order valence-electron chi connectivity index (χ0n) is 29.8. The van der Waals surface area contributed by atoms with E-state index >= 15 is 0 Å². The number of likely N-dealkylation sites (tertiary alicyclic amines) is 1. The molecule has 52 heavy (non-hydrogen) atoms. The Morgan fingerprint density at radius 1 is 0.865 bits per heavy atom. The number of sulfonamides is 1. The molecule has 0 spiro atoms. The number of H-pyrrole nitrogens is 1. The van der Waals surface area contributed by atoms with E-state index in [9.17, 15) is 22.8 Å².